The lowest BCUT2D eigenvalue weighted by atomic mass is 9.82. The molecule has 220 valence electrons. The van der Waals surface area contributed by atoms with E-state index in [2.05, 4.69) is 5.32 Å². The Morgan fingerprint density at radius 1 is 1.12 bits per heavy atom. The van der Waals surface area contributed by atoms with Crippen molar-refractivity contribution in [1.82, 2.24) is 9.47 Å². The van der Waals surface area contributed by atoms with Gasteiger partial charge in [-0.25, -0.2) is 9.18 Å². The molecule has 6 rings (SSSR count). The number of halogens is 2. The summed E-state index contributed by atoms with van der Waals surface area (Å²) in [6, 6.07) is 16.0. The van der Waals surface area contributed by atoms with Crippen molar-refractivity contribution in [2.75, 3.05) is 18.4 Å². The summed E-state index contributed by atoms with van der Waals surface area (Å²) in [5.74, 6) is -2.32. The fourth-order valence-electron chi connectivity index (χ4n) is 6.11. The second-order valence-electron chi connectivity index (χ2n) is 10.7. The Morgan fingerprint density at radius 3 is 2.63 bits per heavy atom. The topological polar surface area (TPSA) is 144 Å². The number of fused-ring (bicyclic) bond motifs is 3. The van der Waals surface area contributed by atoms with Crippen LogP contribution in [0.15, 0.2) is 71.5 Å². The molecule has 3 heterocycles. The van der Waals surface area contributed by atoms with Gasteiger partial charge in [0.1, 0.15) is 11.8 Å². The normalized spacial score (nSPS) is 18.6. The maximum absolute atomic E-state index is 15.5. The van der Waals surface area contributed by atoms with E-state index < -0.39 is 40.9 Å². The average Bonchev–Trinajstić information content (AvgIpc) is 2.98. The Bertz CT molecular complexity index is 1860. The van der Waals surface area contributed by atoms with Crippen LogP contribution in [0.5, 0.6) is 5.75 Å². The molecule has 0 radical (unpaired) electrons. The molecule has 12 heteroatoms. The Balaban J connectivity index is 1.47. The minimum absolute atomic E-state index is 0.0583. The van der Waals surface area contributed by atoms with Crippen LogP contribution >= 0.6 is 11.6 Å². The zero-order valence-corrected chi connectivity index (χ0v) is 23.4. The molecule has 0 saturated carbocycles. The van der Waals surface area contributed by atoms with E-state index in [1.165, 1.54) is 39.8 Å². The molecule has 2 aliphatic heterocycles. The fourth-order valence-corrected chi connectivity index (χ4v) is 6.27. The summed E-state index contributed by atoms with van der Waals surface area (Å²) < 4.78 is 22.5. The first-order valence-corrected chi connectivity index (χ1v) is 13.9. The van der Waals surface area contributed by atoms with Crippen LogP contribution in [-0.4, -0.2) is 45.6 Å². The zero-order valence-electron chi connectivity index (χ0n) is 22.7. The summed E-state index contributed by atoms with van der Waals surface area (Å²) in [6.45, 7) is 0.0797. The molecule has 1 spiro atoms. The molecular weight excluding hydrogens is 579 g/mol. The number of carbonyl (C=O) groups is 3. The maximum Gasteiger partial charge on any atom is 0.412 e. The molecule has 4 aromatic rings. The summed E-state index contributed by atoms with van der Waals surface area (Å²) in [6.07, 6.45) is -0.0697. The van der Waals surface area contributed by atoms with Crippen molar-refractivity contribution in [2.24, 2.45) is 5.73 Å². The number of pyridine rings is 1. The van der Waals surface area contributed by atoms with Crippen LogP contribution < -0.4 is 16.6 Å². The maximum atomic E-state index is 15.5. The van der Waals surface area contributed by atoms with Gasteiger partial charge in [0.15, 0.2) is 11.4 Å². The summed E-state index contributed by atoms with van der Waals surface area (Å²) in [4.78, 5) is 53.8. The third-order valence-electron chi connectivity index (χ3n) is 8.02. The molecule has 0 aliphatic carbocycles. The zero-order chi connectivity index (χ0) is 30.5. The minimum Gasteiger partial charge on any atom is -0.507 e. The number of likely N-dealkylation sites (tertiary alicyclic amines) is 1. The molecular formula is C31H26ClFN4O6. The molecule has 1 aromatic heterocycles. The van der Waals surface area contributed by atoms with Gasteiger partial charge in [0, 0.05) is 30.0 Å². The Labute approximate surface area is 249 Å². The van der Waals surface area contributed by atoms with E-state index in [0.717, 1.165) is 11.6 Å². The molecule has 4 N–H and O–H groups in total. The standard InChI is InChI=1S/C31H26ClFN4O6/c32-20-8-9-21-26(27(20)33)31(43-30(42)35-21)11-4-12-36(16-31)29(41)23(13-17-5-2-1-3-6-17)37-22-10-7-18(28(34)40)14-19(22)24(38)15-25(37)39/h1-3,5-10,14-15,23,38H,4,11-13,16H2,(H2,34,40)(H,35,42)/t23-,31-/m0/s1. The van der Waals surface area contributed by atoms with Crippen LogP contribution in [0.25, 0.3) is 10.9 Å². The van der Waals surface area contributed by atoms with Gasteiger partial charge in [0.2, 0.25) is 11.8 Å². The highest BCUT2D eigenvalue weighted by molar-refractivity contribution is 6.31. The highest BCUT2D eigenvalue weighted by atomic mass is 35.5. The largest absolute Gasteiger partial charge is 0.507 e. The third-order valence-corrected chi connectivity index (χ3v) is 8.32. The number of amides is 3. The van der Waals surface area contributed by atoms with E-state index in [9.17, 15) is 24.3 Å². The lowest BCUT2D eigenvalue weighted by Crippen LogP contribution is -2.55. The van der Waals surface area contributed by atoms with Crippen molar-refractivity contribution >= 4 is 46.1 Å². The van der Waals surface area contributed by atoms with Gasteiger partial charge >= 0.3 is 6.09 Å². The molecule has 3 amide bonds. The van der Waals surface area contributed by atoms with Gasteiger partial charge in [0.05, 0.1) is 28.3 Å². The van der Waals surface area contributed by atoms with Gasteiger partial charge in [-0.3, -0.25) is 24.3 Å². The van der Waals surface area contributed by atoms with Crippen LogP contribution in [0.2, 0.25) is 5.02 Å². The summed E-state index contributed by atoms with van der Waals surface area (Å²) in [7, 11) is 0. The van der Waals surface area contributed by atoms with Crippen molar-refractivity contribution < 1.29 is 28.6 Å². The first-order valence-electron chi connectivity index (χ1n) is 13.6. The van der Waals surface area contributed by atoms with E-state index >= 15 is 4.39 Å². The molecule has 10 nitrogen and oxygen atoms in total. The van der Waals surface area contributed by atoms with E-state index in [1.54, 1.807) is 0 Å². The SMILES string of the molecule is NC(=O)c1ccc2c(c1)c(O)cc(=O)n2[C@@H](Cc1ccccc1)C(=O)N1CCC[C@@]2(C1)OC(=O)Nc1ccc(Cl)c(F)c12. The molecule has 3 aromatic carbocycles. The number of ether oxygens (including phenoxy) is 1. The second kappa shape index (κ2) is 10.7. The third kappa shape index (κ3) is 4.95. The van der Waals surface area contributed by atoms with Gasteiger partial charge in [-0.05, 0) is 48.7 Å². The van der Waals surface area contributed by atoms with Crippen molar-refractivity contribution in [2.45, 2.75) is 30.9 Å². The van der Waals surface area contributed by atoms with Crippen molar-refractivity contribution in [3.63, 3.8) is 0 Å². The Hall–Kier alpha value is -4.90. The van der Waals surface area contributed by atoms with E-state index in [-0.39, 0.29) is 64.4 Å². The van der Waals surface area contributed by atoms with Crippen LogP contribution in [0, 0.1) is 5.82 Å². The van der Waals surface area contributed by atoms with E-state index in [0.29, 0.717) is 6.42 Å². The minimum atomic E-state index is -1.50. The number of rotatable bonds is 5. The number of hydrogen-bond acceptors (Lipinski definition) is 6. The molecule has 1 fully saturated rings. The second-order valence-corrected chi connectivity index (χ2v) is 11.1. The van der Waals surface area contributed by atoms with Crippen molar-refractivity contribution in [1.29, 1.82) is 0 Å². The first-order chi connectivity index (χ1) is 20.6. The first kappa shape index (κ1) is 28.2. The predicted octanol–water partition coefficient (Wildman–Crippen LogP) is 4.46. The van der Waals surface area contributed by atoms with E-state index in [4.69, 9.17) is 22.1 Å². The number of nitrogens with two attached hydrogens (primary N) is 1. The molecule has 2 atom stereocenters. The molecule has 43 heavy (non-hydrogen) atoms. The van der Waals surface area contributed by atoms with Crippen LogP contribution in [0.3, 0.4) is 0 Å². The lowest BCUT2D eigenvalue weighted by Gasteiger charge is -2.45. The van der Waals surface area contributed by atoms with Crippen LogP contribution in [0.4, 0.5) is 14.9 Å². The smallest absolute Gasteiger partial charge is 0.412 e. The Morgan fingerprint density at radius 2 is 1.88 bits per heavy atom. The fraction of sp³-hybridized carbons (Fsp3) is 0.226. The summed E-state index contributed by atoms with van der Waals surface area (Å²) >= 11 is 6.11. The number of carbonyl (C=O) groups excluding carboxylic acids is 3. The number of piperidine rings is 1. The molecule has 1 saturated heterocycles. The van der Waals surface area contributed by atoms with E-state index in [1.807, 2.05) is 30.3 Å². The number of primary amides is 1. The number of aromatic nitrogens is 1. The number of hydrogen-bond donors (Lipinski definition) is 3. The Kier molecular flexibility index (Phi) is 7.05. The van der Waals surface area contributed by atoms with Crippen molar-refractivity contribution in [3.05, 3.63) is 105 Å². The number of anilines is 1. The number of benzene rings is 3. The number of nitrogens with one attached hydrogen (secondary N) is 1. The molecule has 0 unspecified atom stereocenters. The van der Waals surface area contributed by atoms with Gasteiger partial charge < -0.3 is 20.5 Å². The molecule has 0 bridgehead atoms. The monoisotopic (exact) mass is 604 g/mol. The molecule has 2 aliphatic rings. The highest BCUT2D eigenvalue weighted by Gasteiger charge is 2.49. The number of nitrogens with zero attached hydrogens (tertiary/aromatic N) is 2. The van der Waals surface area contributed by atoms with Crippen molar-refractivity contribution in [3.8, 4) is 5.75 Å². The average molecular weight is 605 g/mol. The van der Waals surface area contributed by atoms with Gasteiger partial charge in [-0.1, -0.05) is 41.9 Å². The summed E-state index contributed by atoms with van der Waals surface area (Å²) in [5, 5.41) is 13.1. The predicted molar refractivity (Wildman–Crippen MR) is 157 cm³/mol. The quantitative estimate of drug-likeness (QED) is 0.307. The van der Waals surface area contributed by atoms with Crippen LogP contribution in [0.1, 0.15) is 40.4 Å². The van der Waals surface area contributed by atoms with Gasteiger partial charge in [-0.15, -0.1) is 0 Å². The van der Waals surface area contributed by atoms with Gasteiger partial charge in [-0.2, -0.15) is 0 Å². The lowest BCUT2D eigenvalue weighted by molar-refractivity contribution is -0.142. The van der Waals surface area contributed by atoms with Gasteiger partial charge in [0.25, 0.3) is 5.56 Å². The number of aromatic hydroxyl groups is 1. The highest BCUT2D eigenvalue weighted by Crippen LogP contribution is 2.45. The summed E-state index contributed by atoms with van der Waals surface area (Å²) in [5.41, 5.74) is 4.64. The van der Waals surface area contributed by atoms with Crippen LogP contribution in [-0.2, 0) is 21.6 Å².